The first-order chi connectivity index (χ1) is 11.8. The molecule has 2 N–H and O–H groups in total. The third kappa shape index (κ3) is 6.08. The van der Waals surface area contributed by atoms with Crippen molar-refractivity contribution in [2.45, 2.75) is 31.7 Å². The highest BCUT2D eigenvalue weighted by molar-refractivity contribution is 5.74. The van der Waals surface area contributed by atoms with Crippen molar-refractivity contribution in [1.82, 2.24) is 15.5 Å². The number of carbonyl (C=O) groups excluding carboxylic acids is 1. The Morgan fingerprint density at radius 2 is 2.04 bits per heavy atom. The van der Waals surface area contributed by atoms with Crippen molar-refractivity contribution in [3.05, 3.63) is 47.8 Å². The van der Waals surface area contributed by atoms with Gasteiger partial charge >= 0.3 is 6.03 Å². The van der Waals surface area contributed by atoms with Gasteiger partial charge in [0.2, 0.25) is 0 Å². The lowest BCUT2D eigenvalue weighted by atomic mass is 10.0. The molecule has 138 valence electrons. The normalized spacial score (nSPS) is 16.5. The average Bonchev–Trinajstić information content (AvgIpc) is 2.54. The summed E-state index contributed by atoms with van der Waals surface area (Å²) in [7, 11) is 0. The number of halogens is 3. The number of hydrogen-bond donors (Lipinski definition) is 2. The smallest absolute Gasteiger partial charge is 0.315 e. The van der Waals surface area contributed by atoms with E-state index >= 15 is 0 Å². The number of carbonyl (C=O) groups is 1. The number of amides is 2. The predicted octanol–water partition coefficient (Wildman–Crippen LogP) is 3.26. The molecule has 25 heavy (non-hydrogen) atoms. The summed E-state index contributed by atoms with van der Waals surface area (Å²) in [6.45, 7) is 7.46. The molecule has 0 atom stereocenters. The second kappa shape index (κ2) is 8.38. The molecule has 7 heteroatoms. The van der Waals surface area contributed by atoms with Gasteiger partial charge < -0.3 is 10.6 Å². The number of nitrogens with zero attached hydrogens (tertiary/aromatic N) is 1. The maximum Gasteiger partial charge on any atom is 0.315 e. The Balaban J connectivity index is 1.76. The molecular weight excluding hydrogens is 331 g/mol. The summed E-state index contributed by atoms with van der Waals surface area (Å²) in [5.41, 5.74) is 0.629. The number of nitrogens with one attached hydrogen (secondary N) is 2. The highest BCUT2D eigenvalue weighted by Crippen LogP contribution is 2.27. The van der Waals surface area contributed by atoms with E-state index in [0.717, 1.165) is 56.2 Å². The topological polar surface area (TPSA) is 44.4 Å². The lowest BCUT2D eigenvalue weighted by molar-refractivity contribution is -0.000908. The molecule has 1 aromatic carbocycles. The molecule has 4 nitrogen and oxygen atoms in total. The van der Waals surface area contributed by atoms with Crippen LogP contribution in [0.25, 0.3) is 0 Å². The molecule has 1 heterocycles. The molecule has 2 rings (SSSR count). The van der Waals surface area contributed by atoms with Crippen LogP contribution in [0.3, 0.4) is 0 Å². The maximum atomic E-state index is 14.0. The fraction of sp³-hybridized carbons (Fsp3) is 0.500. The fourth-order valence-electron chi connectivity index (χ4n) is 2.86. The third-order valence-electron chi connectivity index (χ3n) is 4.13. The molecule has 0 aromatic heterocycles. The Kier molecular flexibility index (Phi) is 6.47. The van der Waals surface area contributed by atoms with E-state index in [9.17, 15) is 18.0 Å². The van der Waals surface area contributed by atoms with Gasteiger partial charge in [0.25, 0.3) is 5.92 Å². The summed E-state index contributed by atoms with van der Waals surface area (Å²) in [6, 6.07) is 3.56. The van der Waals surface area contributed by atoms with Crippen LogP contribution in [0.1, 0.15) is 25.3 Å². The Labute approximate surface area is 146 Å². The van der Waals surface area contributed by atoms with Gasteiger partial charge in [-0.25, -0.2) is 9.18 Å². The lowest BCUT2D eigenvalue weighted by Gasteiger charge is -2.32. The maximum absolute atomic E-state index is 14.0. The monoisotopic (exact) mass is 355 g/mol. The number of benzene rings is 1. The summed E-state index contributed by atoms with van der Waals surface area (Å²) in [4.78, 5) is 14.1. The molecule has 1 aliphatic heterocycles. The van der Waals surface area contributed by atoms with Gasteiger partial charge in [-0.05, 0) is 31.9 Å². The molecule has 1 saturated heterocycles. The van der Waals surface area contributed by atoms with Gasteiger partial charge in [-0.3, -0.25) is 4.90 Å². The van der Waals surface area contributed by atoms with E-state index in [2.05, 4.69) is 22.1 Å². The minimum absolute atomic E-state index is 0.0378. The summed E-state index contributed by atoms with van der Waals surface area (Å²) >= 11 is 0. The SMILES string of the molecule is C=C(C)CN1CCC(NC(=O)NCC(F)(F)c2cccc(F)c2)CC1. The highest BCUT2D eigenvalue weighted by atomic mass is 19.3. The minimum atomic E-state index is -3.33. The molecule has 0 saturated carbocycles. The Bertz CT molecular complexity index is 613. The van der Waals surface area contributed by atoms with Gasteiger partial charge in [0.15, 0.2) is 0 Å². The van der Waals surface area contributed by atoms with Gasteiger partial charge in [-0.1, -0.05) is 24.3 Å². The highest BCUT2D eigenvalue weighted by Gasteiger charge is 2.32. The molecule has 0 bridgehead atoms. The van der Waals surface area contributed by atoms with Crippen LogP contribution in [-0.2, 0) is 5.92 Å². The molecule has 0 aliphatic carbocycles. The minimum Gasteiger partial charge on any atom is -0.335 e. The molecule has 1 aliphatic rings. The van der Waals surface area contributed by atoms with Gasteiger partial charge in [0, 0.05) is 31.2 Å². The van der Waals surface area contributed by atoms with Crippen LogP contribution < -0.4 is 10.6 Å². The van der Waals surface area contributed by atoms with Crippen LogP contribution in [0.5, 0.6) is 0 Å². The van der Waals surface area contributed by atoms with Crippen molar-refractivity contribution >= 4 is 6.03 Å². The van der Waals surface area contributed by atoms with E-state index in [4.69, 9.17) is 0 Å². The summed E-state index contributed by atoms with van der Waals surface area (Å²) < 4.78 is 41.1. The van der Waals surface area contributed by atoms with E-state index in [1.807, 2.05) is 6.92 Å². The van der Waals surface area contributed by atoms with Crippen molar-refractivity contribution in [3.8, 4) is 0 Å². The van der Waals surface area contributed by atoms with Crippen LogP contribution in [0.15, 0.2) is 36.4 Å². The molecule has 2 amide bonds. The first-order valence-corrected chi connectivity index (χ1v) is 8.31. The van der Waals surface area contributed by atoms with E-state index in [-0.39, 0.29) is 6.04 Å². The lowest BCUT2D eigenvalue weighted by Crippen LogP contribution is -2.49. The Morgan fingerprint density at radius 3 is 2.64 bits per heavy atom. The van der Waals surface area contributed by atoms with Crippen molar-refractivity contribution < 1.29 is 18.0 Å². The van der Waals surface area contributed by atoms with Gasteiger partial charge in [0.05, 0.1) is 6.54 Å². The van der Waals surface area contributed by atoms with E-state index in [1.54, 1.807) is 0 Å². The molecule has 0 radical (unpaired) electrons. The average molecular weight is 355 g/mol. The molecule has 0 spiro atoms. The number of piperidine rings is 1. The number of likely N-dealkylation sites (tertiary alicyclic amines) is 1. The standard InChI is InChI=1S/C18H24F3N3O/c1-13(2)11-24-8-6-16(7-9-24)23-17(25)22-12-18(20,21)14-4-3-5-15(19)10-14/h3-5,10,16H,1,6-9,11-12H2,2H3,(H2,22,23,25). The van der Waals surface area contributed by atoms with Crippen LogP contribution in [0.2, 0.25) is 0 Å². The summed E-state index contributed by atoms with van der Waals surface area (Å²) in [5.74, 6) is -4.06. The van der Waals surface area contributed by atoms with E-state index in [1.165, 1.54) is 6.07 Å². The van der Waals surface area contributed by atoms with Crippen LogP contribution in [0.4, 0.5) is 18.0 Å². The molecule has 1 fully saturated rings. The number of rotatable bonds is 6. The molecule has 0 unspecified atom stereocenters. The predicted molar refractivity (Wildman–Crippen MR) is 91.1 cm³/mol. The molecule has 1 aromatic rings. The second-order valence-electron chi connectivity index (χ2n) is 6.55. The summed E-state index contributed by atoms with van der Waals surface area (Å²) in [5, 5.41) is 4.90. The van der Waals surface area contributed by atoms with E-state index < -0.39 is 29.9 Å². The van der Waals surface area contributed by atoms with Crippen molar-refractivity contribution in [2.75, 3.05) is 26.2 Å². The van der Waals surface area contributed by atoms with Gasteiger partial charge in [-0.2, -0.15) is 8.78 Å². The zero-order chi connectivity index (χ0) is 18.4. The number of urea groups is 1. The Hall–Kier alpha value is -2.02. The largest absolute Gasteiger partial charge is 0.335 e. The first kappa shape index (κ1) is 19.3. The number of hydrogen-bond acceptors (Lipinski definition) is 2. The van der Waals surface area contributed by atoms with Crippen LogP contribution >= 0.6 is 0 Å². The Morgan fingerprint density at radius 1 is 1.36 bits per heavy atom. The molecular formula is C18H24F3N3O. The zero-order valence-electron chi connectivity index (χ0n) is 14.3. The van der Waals surface area contributed by atoms with Crippen molar-refractivity contribution in [2.24, 2.45) is 0 Å². The number of alkyl halides is 2. The first-order valence-electron chi connectivity index (χ1n) is 8.31. The fourth-order valence-corrected chi connectivity index (χ4v) is 2.86. The van der Waals surface area contributed by atoms with Crippen molar-refractivity contribution in [1.29, 1.82) is 0 Å². The third-order valence-corrected chi connectivity index (χ3v) is 4.13. The summed E-state index contributed by atoms with van der Waals surface area (Å²) in [6.07, 6.45) is 1.53. The van der Waals surface area contributed by atoms with E-state index in [0.29, 0.717) is 0 Å². The van der Waals surface area contributed by atoms with Crippen molar-refractivity contribution in [3.63, 3.8) is 0 Å². The van der Waals surface area contributed by atoms with Gasteiger partial charge in [0.1, 0.15) is 5.82 Å². The van der Waals surface area contributed by atoms with Crippen LogP contribution in [-0.4, -0.2) is 43.2 Å². The van der Waals surface area contributed by atoms with Crippen LogP contribution in [0, 0.1) is 5.82 Å². The van der Waals surface area contributed by atoms with Gasteiger partial charge in [-0.15, -0.1) is 0 Å². The quantitative estimate of drug-likeness (QED) is 0.770. The second-order valence-corrected chi connectivity index (χ2v) is 6.55. The zero-order valence-corrected chi connectivity index (χ0v) is 14.3.